The Labute approximate surface area is 85.0 Å². The molecule has 2 heterocycles. The van der Waals surface area contributed by atoms with Crippen molar-refractivity contribution in [1.29, 1.82) is 0 Å². The lowest BCUT2D eigenvalue weighted by Crippen LogP contribution is -2.01. The van der Waals surface area contributed by atoms with E-state index in [1.807, 2.05) is 0 Å². The highest BCUT2D eigenvalue weighted by atomic mass is 16.4. The van der Waals surface area contributed by atoms with Crippen LogP contribution in [0.15, 0.2) is 18.3 Å². The number of fused-ring (bicyclic) bond motifs is 1. The van der Waals surface area contributed by atoms with Crippen molar-refractivity contribution in [2.75, 3.05) is 0 Å². The molecule has 5 heteroatoms. The Kier molecular flexibility index (Phi) is 2.00. The number of carboxylic acids is 1. The lowest BCUT2D eigenvalue weighted by atomic mass is 10.2. The van der Waals surface area contributed by atoms with E-state index in [4.69, 9.17) is 5.11 Å². The zero-order valence-corrected chi connectivity index (χ0v) is 7.93. The number of rotatable bonds is 1. The predicted molar refractivity (Wildman–Crippen MR) is 52.9 cm³/mol. The van der Waals surface area contributed by atoms with E-state index in [1.54, 1.807) is 19.1 Å². The molecule has 0 atom stereocenters. The van der Waals surface area contributed by atoms with Crippen molar-refractivity contribution in [2.24, 2.45) is 0 Å². The molecule has 0 aliphatic rings. The number of aromatic carboxylic acids is 1. The monoisotopic (exact) mass is 204 g/mol. The van der Waals surface area contributed by atoms with E-state index >= 15 is 0 Å². The maximum Gasteiger partial charge on any atom is 0.358 e. The van der Waals surface area contributed by atoms with Crippen LogP contribution >= 0.6 is 0 Å². The molecular weight excluding hydrogens is 196 g/mol. The fourth-order valence-electron chi connectivity index (χ4n) is 1.33. The highest BCUT2D eigenvalue weighted by Crippen LogP contribution is 2.25. The summed E-state index contributed by atoms with van der Waals surface area (Å²) in [6.45, 7) is 1.76. The third-order valence-electron chi connectivity index (χ3n) is 2.05. The second-order valence-corrected chi connectivity index (χ2v) is 3.15. The first kappa shape index (κ1) is 9.39. The summed E-state index contributed by atoms with van der Waals surface area (Å²) in [4.78, 5) is 18.4. The van der Waals surface area contributed by atoms with Crippen LogP contribution in [0.5, 0.6) is 5.75 Å². The van der Waals surface area contributed by atoms with E-state index in [0.717, 1.165) is 0 Å². The van der Waals surface area contributed by atoms with Crippen molar-refractivity contribution in [3.05, 3.63) is 29.7 Å². The first-order valence-corrected chi connectivity index (χ1v) is 4.28. The van der Waals surface area contributed by atoms with Gasteiger partial charge in [0.2, 0.25) is 0 Å². The Morgan fingerprint density at radius 1 is 1.40 bits per heavy atom. The highest BCUT2D eigenvalue weighted by Gasteiger charge is 2.15. The zero-order chi connectivity index (χ0) is 11.0. The van der Waals surface area contributed by atoms with E-state index in [1.165, 1.54) is 6.20 Å². The smallest absolute Gasteiger partial charge is 0.358 e. The van der Waals surface area contributed by atoms with Crippen LogP contribution in [0, 0.1) is 6.92 Å². The molecule has 15 heavy (non-hydrogen) atoms. The number of hydrogen-bond acceptors (Lipinski definition) is 4. The molecule has 2 rings (SSSR count). The van der Waals surface area contributed by atoms with Gasteiger partial charge in [0.05, 0.1) is 0 Å². The van der Waals surface area contributed by atoms with Gasteiger partial charge in [-0.05, 0) is 19.1 Å². The number of carbonyl (C=O) groups is 1. The van der Waals surface area contributed by atoms with Crippen LogP contribution in [0.3, 0.4) is 0 Å². The summed E-state index contributed by atoms with van der Waals surface area (Å²) >= 11 is 0. The molecule has 76 valence electrons. The molecule has 0 aliphatic carbocycles. The van der Waals surface area contributed by atoms with Crippen molar-refractivity contribution in [3.8, 4) is 5.75 Å². The minimum absolute atomic E-state index is 0.266. The van der Waals surface area contributed by atoms with Gasteiger partial charge in [0.1, 0.15) is 5.52 Å². The van der Waals surface area contributed by atoms with E-state index in [9.17, 15) is 9.90 Å². The molecule has 0 spiro atoms. The first-order chi connectivity index (χ1) is 7.09. The molecule has 0 saturated heterocycles. The molecule has 0 radical (unpaired) electrons. The van der Waals surface area contributed by atoms with Crippen LogP contribution in [-0.4, -0.2) is 26.2 Å². The van der Waals surface area contributed by atoms with Gasteiger partial charge in [-0.3, -0.25) is 0 Å². The van der Waals surface area contributed by atoms with Gasteiger partial charge in [-0.1, -0.05) is 0 Å². The van der Waals surface area contributed by atoms with Crippen LogP contribution in [0.1, 0.15) is 16.2 Å². The Morgan fingerprint density at radius 2 is 2.13 bits per heavy atom. The quantitative estimate of drug-likeness (QED) is 0.732. The van der Waals surface area contributed by atoms with Crippen LogP contribution in [0.25, 0.3) is 10.9 Å². The Balaban J connectivity index is 2.82. The minimum atomic E-state index is -1.27. The number of aromatic nitrogens is 2. The fraction of sp³-hybridized carbons (Fsp3) is 0.100. The average molecular weight is 204 g/mol. The Bertz CT molecular complexity index is 552. The molecular formula is C10H8N2O3. The summed E-state index contributed by atoms with van der Waals surface area (Å²) in [5, 5.41) is 19.0. The molecule has 5 nitrogen and oxygen atoms in total. The van der Waals surface area contributed by atoms with Gasteiger partial charge in [0.25, 0.3) is 0 Å². The van der Waals surface area contributed by atoms with E-state index in [2.05, 4.69) is 9.97 Å². The number of hydrogen-bond donors (Lipinski definition) is 2. The molecule has 0 saturated carbocycles. The summed E-state index contributed by atoms with van der Waals surface area (Å²) in [7, 11) is 0. The van der Waals surface area contributed by atoms with Crippen molar-refractivity contribution >= 4 is 16.9 Å². The van der Waals surface area contributed by atoms with Crippen LogP contribution < -0.4 is 0 Å². The van der Waals surface area contributed by atoms with Gasteiger partial charge in [-0.25, -0.2) is 14.8 Å². The van der Waals surface area contributed by atoms with Crippen LogP contribution in [0.2, 0.25) is 0 Å². The molecule has 2 N–H and O–H groups in total. The van der Waals surface area contributed by atoms with E-state index < -0.39 is 5.97 Å². The van der Waals surface area contributed by atoms with Crippen molar-refractivity contribution in [2.45, 2.75) is 6.92 Å². The normalized spacial score (nSPS) is 10.5. The van der Waals surface area contributed by atoms with Gasteiger partial charge >= 0.3 is 5.97 Å². The number of aryl methyl sites for hydroxylation is 1. The maximum absolute atomic E-state index is 10.7. The Hall–Kier alpha value is -2.17. The fourth-order valence-corrected chi connectivity index (χ4v) is 1.33. The number of aromatic hydroxyl groups is 1. The molecule has 0 amide bonds. The summed E-state index contributed by atoms with van der Waals surface area (Å²) in [6, 6.07) is 3.50. The molecule has 0 unspecified atom stereocenters. The average Bonchev–Trinajstić information content (AvgIpc) is 2.19. The highest BCUT2D eigenvalue weighted by molar-refractivity contribution is 5.96. The van der Waals surface area contributed by atoms with Gasteiger partial charge in [0, 0.05) is 17.3 Å². The number of nitrogens with zero attached hydrogens (tertiary/aromatic N) is 2. The zero-order valence-electron chi connectivity index (χ0n) is 7.93. The summed E-state index contributed by atoms with van der Waals surface area (Å²) < 4.78 is 0. The largest absolute Gasteiger partial charge is 0.504 e. The van der Waals surface area contributed by atoms with Gasteiger partial charge < -0.3 is 10.2 Å². The predicted octanol–water partition coefficient (Wildman–Crippen LogP) is 1.34. The second kappa shape index (κ2) is 3.20. The minimum Gasteiger partial charge on any atom is -0.504 e. The van der Waals surface area contributed by atoms with Crippen LogP contribution in [0.4, 0.5) is 0 Å². The number of carboxylic acid groups (broad SMARTS) is 1. The lowest BCUT2D eigenvalue weighted by Gasteiger charge is -2.03. The first-order valence-electron chi connectivity index (χ1n) is 4.28. The van der Waals surface area contributed by atoms with Gasteiger partial charge in [0.15, 0.2) is 11.4 Å². The third-order valence-corrected chi connectivity index (χ3v) is 2.05. The van der Waals surface area contributed by atoms with Crippen LogP contribution in [-0.2, 0) is 0 Å². The van der Waals surface area contributed by atoms with Gasteiger partial charge in [-0.15, -0.1) is 0 Å². The molecule has 0 aromatic carbocycles. The molecule has 2 aromatic heterocycles. The van der Waals surface area contributed by atoms with Crippen molar-refractivity contribution < 1.29 is 15.0 Å². The molecule has 0 aliphatic heterocycles. The maximum atomic E-state index is 10.7. The summed E-state index contributed by atoms with van der Waals surface area (Å²) in [5.74, 6) is -1.65. The van der Waals surface area contributed by atoms with Crippen molar-refractivity contribution in [3.63, 3.8) is 0 Å². The summed E-state index contributed by atoms with van der Waals surface area (Å²) in [6.07, 6.45) is 1.38. The summed E-state index contributed by atoms with van der Waals surface area (Å²) in [5.41, 5.74) is 0.600. The topological polar surface area (TPSA) is 83.3 Å². The standard InChI is InChI=1S/C10H8N2O3/c1-5-2-3-6-4-11-8(10(14)15)9(13)7(6)12-5/h2-4,13H,1H3,(H,14,15). The van der Waals surface area contributed by atoms with Gasteiger partial charge in [-0.2, -0.15) is 0 Å². The molecule has 0 fully saturated rings. The SMILES string of the molecule is Cc1ccc2cnc(C(=O)O)c(O)c2n1. The molecule has 0 bridgehead atoms. The van der Waals surface area contributed by atoms with E-state index in [-0.39, 0.29) is 17.0 Å². The number of pyridine rings is 2. The lowest BCUT2D eigenvalue weighted by molar-refractivity contribution is 0.0687. The Morgan fingerprint density at radius 3 is 2.80 bits per heavy atom. The second-order valence-electron chi connectivity index (χ2n) is 3.15. The third kappa shape index (κ3) is 1.48. The molecule has 2 aromatic rings. The van der Waals surface area contributed by atoms with E-state index in [0.29, 0.717) is 11.1 Å². The van der Waals surface area contributed by atoms with Crippen molar-refractivity contribution in [1.82, 2.24) is 9.97 Å².